The van der Waals surface area contributed by atoms with E-state index in [0.717, 1.165) is 12.1 Å². The lowest BCUT2D eigenvalue weighted by atomic mass is 10.2. The summed E-state index contributed by atoms with van der Waals surface area (Å²) in [7, 11) is -3.99. The Morgan fingerprint density at radius 3 is 2.45 bits per heavy atom. The Bertz CT molecular complexity index is 547. The molecule has 0 aromatic heterocycles. The van der Waals surface area contributed by atoms with E-state index in [4.69, 9.17) is 0 Å². The summed E-state index contributed by atoms with van der Waals surface area (Å²) in [5, 5.41) is 12.6. The molecule has 0 amide bonds. The molecular formula is C13H19F2NO3S. The van der Waals surface area contributed by atoms with Gasteiger partial charge in [0.05, 0.1) is 11.9 Å². The van der Waals surface area contributed by atoms with Crippen LogP contribution in [-0.4, -0.2) is 38.5 Å². The van der Waals surface area contributed by atoms with E-state index in [1.54, 1.807) is 0 Å². The molecule has 0 spiro atoms. The van der Waals surface area contributed by atoms with Crippen LogP contribution in [0.5, 0.6) is 0 Å². The summed E-state index contributed by atoms with van der Waals surface area (Å²) in [6.07, 6.45) is -1.15. The van der Waals surface area contributed by atoms with Gasteiger partial charge in [0, 0.05) is 12.6 Å². The first-order valence-electron chi connectivity index (χ1n) is 6.29. The van der Waals surface area contributed by atoms with Crippen LogP contribution in [0.25, 0.3) is 0 Å². The summed E-state index contributed by atoms with van der Waals surface area (Å²) in [5.74, 6) is -2.23. The largest absolute Gasteiger partial charge is 0.391 e. The lowest BCUT2D eigenvalue weighted by Crippen LogP contribution is -2.34. The van der Waals surface area contributed by atoms with Crippen molar-refractivity contribution in [1.29, 1.82) is 0 Å². The maximum Gasteiger partial charge on any atom is 0.183 e. The molecule has 4 nitrogen and oxygen atoms in total. The number of aliphatic hydroxyl groups excluding tert-OH is 1. The van der Waals surface area contributed by atoms with E-state index in [1.165, 1.54) is 0 Å². The minimum absolute atomic E-state index is 0.0974. The average Bonchev–Trinajstić information content (AvgIpc) is 2.26. The minimum atomic E-state index is -3.99. The van der Waals surface area contributed by atoms with Gasteiger partial charge in [-0.05, 0) is 24.6 Å². The van der Waals surface area contributed by atoms with E-state index in [0.29, 0.717) is 18.5 Å². The Kier molecular flexibility index (Phi) is 6.04. The Hall–Kier alpha value is -1.05. The van der Waals surface area contributed by atoms with Crippen molar-refractivity contribution in [2.75, 3.05) is 18.8 Å². The van der Waals surface area contributed by atoms with Crippen LogP contribution >= 0.6 is 0 Å². The van der Waals surface area contributed by atoms with E-state index >= 15 is 0 Å². The number of nitrogens with one attached hydrogen (secondary N) is 1. The first-order valence-corrected chi connectivity index (χ1v) is 7.94. The lowest BCUT2D eigenvalue weighted by Gasteiger charge is -2.14. The number of aliphatic hydroxyl groups is 1. The van der Waals surface area contributed by atoms with Gasteiger partial charge in [0.2, 0.25) is 0 Å². The van der Waals surface area contributed by atoms with E-state index in [2.05, 4.69) is 5.32 Å². The molecule has 1 rings (SSSR count). The second kappa shape index (κ2) is 7.10. The fraction of sp³-hybridized carbons (Fsp3) is 0.538. The number of halogens is 2. The van der Waals surface area contributed by atoms with Gasteiger partial charge in [-0.25, -0.2) is 17.2 Å². The Morgan fingerprint density at radius 1 is 1.25 bits per heavy atom. The van der Waals surface area contributed by atoms with E-state index in [1.807, 2.05) is 13.8 Å². The topological polar surface area (TPSA) is 66.4 Å². The Labute approximate surface area is 117 Å². The number of hydrogen-bond acceptors (Lipinski definition) is 4. The second-order valence-electron chi connectivity index (χ2n) is 5.06. The molecule has 1 atom stereocenters. The highest BCUT2D eigenvalue weighted by atomic mass is 32.2. The highest BCUT2D eigenvalue weighted by Gasteiger charge is 2.23. The predicted octanol–water partition coefficient (Wildman–Crippen LogP) is 1.34. The predicted molar refractivity (Wildman–Crippen MR) is 72.1 cm³/mol. The van der Waals surface area contributed by atoms with Gasteiger partial charge in [-0.15, -0.1) is 0 Å². The standard InChI is InChI=1S/C13H19F2NO3S/c1-9(2)6-16-7-11(17)8-20(18,19)13-4-3-10(14)5-12(13)15/h3-5,9,11,16-17H,6-8H2,1-2H3. The number of benzene rings is 1. The summed E-state index contributed by atoms with van der Waals surface area (Å²) < 4.78 is 50.0. The molecule has 0 bridgehead atoms. The maximum atomic E-state index is 13.4. The number of sulfone groups is 1. The van der Waals surface area contributed by atoms with Gasteiger partial charge < -0.3 is 10.4 Å². The van der Waals surface area contributed by atoms with Gasteiger partial charge in [-0.1, -0.05) is 13.8 Å². The van der Waals surface area contributed by atoms with Crippen molar-refractivity contribution in [2.24, 2.45) is 5.92 Å². The molecule has 114 valence electrons. The van der Waals surface area contributed by atoms with Gasteiger partial charge in [0.15, 0.2) is 9.84 Å². The summed E-state index contributed by atoms with van der Waals surface area (Å²) in [6.45, 7) is 4.69. The van der Waals surface area contributed by atoms with Crippen LogP contribution in [0.2, 0.25) is 0 Å². The molecule has 20 heavy (non-hydrogen) atoms. The summed E-state index contributed by atoms with van der Waals surface area (Å²) in [6, 6.07) is 2.25. The second-order valence-corrected chi connectivity index (χ2v) is 7.06. The highest BCUT2D eigenvalue weighted by Crippen LogP contribution is 2.17. The van der Waals surface area contributed by atoms with Gasteiger partial charge in [0.1, 0.15) is 16.5 Å². The lowest BCUT2D eigenvalue weighted by molar-refractivity contribution is 0.192. The quantitative estimate of drug-likeness (QED) is 0.746. The van der Waals surface area contributed by atoms with Crippen LogP contribution < -0.4 is 5.32 Å². The molecular weight excluding hydrogens is 288 g/mol. The smallest absolute Gasteiger partial charge is 0.183 e. The molecule has 0 aliphatic rings. The molecule has 0 saturated heterocycles. The van der Waals surface area contributed by atoms with Gasteiger partial charge >= 0.3 is 0 Å². The Balaban J connectivity index is 2.69. The van der Waals surface area contributed by atoms with Crippen molar-refractivity contribution in [3.8, 4) is 0 Å². The van der Waals surface area contributed by atoms with Crippen LogP contribution in [0, 0.1) is 17.6 Å². The van der Waals surface area contributed by atoms with Crippen LogP contribution in [0.4, 0.5) is 8.78 Å². The molecule has 0 fully saturated rings. The van der Waals surface area contributed by atoms with Crippen LogP contribution in [0.15, 0.2) is 23.1 Å². The first kappa shape index (κ1) is 17.0. The zero-order chi connectivity index (χ0) is 15.3. The zero-order valence-corrected chi connectivity index (χ0v) is 12.3. The molecule has 0 radical (unpaired) electrons. The third kappa shape index (κ3) is 5.15. The molecule has 1 unspecified atom stereocenters. The molecule has 1 aromatic carbocycles. The van der Waals surface area contributed by atoms with Gasteiger partial charge in [-0.3, -0.25) is 0 Å². The molecule has 0 aliphatic heterocycles. The molecule has 2 N–H and O–H groups in total. The van der Waals surface area contributed by atoms with Crippen molar-refractivity contribution < 1.29 is 22.3 Å². The van der Waals surface area contributed by atoms with Crippen LogP contribution in [-0.2, 0) is 9.84 Å². The third-order valence-electron chi connectivity index (χ3n) is 2.57. The molecule has 0 heterocycles. The maximum absolute atomic E-state index is 13.4. The van der Waals surface area contributed by atoms with E-state index in [9.17, 15) is 22.3 Å². The minimum Gasteiger partial charge on any atom is -0.391 e. The number of hydrogen-bond donors (Lipinski definition) is 2. The first-order chi connectivity index (χ1) is 9.22. The summed E-state index contributed by atoms with van der Waals surface area (Å²) in [4.78, 5) is -0.596. The highest BCUT2D eigenvalue weighted by molar-refractivity contribution is 7.91. The third-order valence-corrected chi connectivity index (χ3v) is 4.40. The normalized spacial score (nSPS) is 13.7. The van der Waals surface area contributed by atoms with Crippen molar-refractivity contribution in [1.82, 2.24) is 5.32 Å². The van der Waals surface area contributed by atoms with Gasteiger partial charge in [0.25, 0.3) is 0 Å². The van der Waals surface area contributed by atoms with E-state index < -0.39 is 38.2 Å². The Morgan fingerprint density at radius 2 is 1.90 bits per heavy atom. The molecule has 0 aliphatic carbocycles. The molecule has 7 heteroatoms. The van der Waals surface area contributed by atoms with Crippen molar-refractivity contribution in [2.45, 2.75) is 24.8 Å². The van der Waals surface area contributed by atoms with E-state index in [-0.39, 0.29) is 6.54 Å². The van der Waals surface area contributed by atoms with Crippen LogP contribution in [0.1, 0.15) is 13.8 Å². The SMILES string of the molecule is CC(C)CNCC(O)CS(=O)(=O)c1ccc(F)cc1F. The zero-order valence-electron chi connectivity index (χ0n) is 11.4. The number of rotatable bonds is 7. The summed E-state index contributed by atoms with van der Waals surface area (Å²) in [5.41, 5.74) is 0. The summed E-state index contributed by atoms with van der Waals surface area (Å²) >= 11 is 0. The molecule has 1 aromatic rings. The van der Waals surface area contributed by atoms with Crippen molar-refractivity contribution >= 4 is 9.84 Å². The monoisotopic (exact) mass is 307 g/mol. The van der Waals surface area contributed by atoms with Gasteiger partial charge in [-0.2, -0.15) is 0 Å². The fourth-order valence-corrected chi connectivity index (χ4v) is 3.10. The molecule has 0 saturated carbocycles. The van der Waals surface area contributed by atoms with Crippen molar-refractivity contribution in [3.05, 3.63) is 29.8 Å². The fourth-order valence-electron chi connectivity index (χ4n) is 1.67. The average molecular weight is 307 g/mol. The van der Waals surface area contributed by atoms with Crippen molar-refractivity contribution in [3.63, 3.8) is 0 Å². The van der Waals surface area contributed by atoms with Crippen LogP contribution in [0.3, 0.4) is 0 Å².